The molecule has 3 N–H and O–H groups in total. The molecule has 0 aliphatic carbocycles. The number of carbonyl (C=O) groups is 1. The molecule has 1 rings (SSSR count). The van der Waals surface area contributed by atoms with Crippen molar-refractivity contribution in [2.24, 2.45) is 5.73 Å². The Morgan fingerprint density at radius 2 is 1.86 bits per heavy atom. The van der Waals surface area contributed by atoms with Gasteiger partial charge in [-0.2, -0.15) is 0 Å². The molecule has 0 saturated carbocycles. The normalized spacial score (nSPS) is 13.7. The van der Waals surface area contributed by atoms with Crippen molar-refractivity contribution >= 4 is 18.3 Å². The van der Waals surface area contributed by atoms with Gasteiger partial charge in [0.25, 0.3) is 0 Å². The minimum absolute atomic E-state index is 0. The van der Waals surface area contributed by atoms with E-state index in [2.05, 4.69) is 10.1 Å². The third-order valence-electron chi connectivity index (χ3n) is 2.66. The molecule has 0 bridgehead atoms. The maximum absolute atomic E-state index is 12.0. The van der Waals surface area contributed by atoms with Crippen LogP contribution in [0.2, 0.25) is 0 Å². The van der Waals surface area contributed by atoms with E-state index in [1.807, 2.05) is 0 Å². The Hall–Kier alpha value is -1.51. The van der Waals surface area contributed by atoms with Crippen LogP contribution >= 0.6 is 12.4 Å². The van der Waals surface area contributed by atoms with Crippen molar-refractivity contribution in [1.82, 2.24) is 5.32 Å². The Morgan fingerprint density at radius 1 is 1.32 bits per heavy atom. The van der Waals surface area contributed by atoms with Gasteiger partial charge in [0.1, 0.15) is 11.8 Å². The van der Waals surface area contributed by atoms with Crippen LogP contribution in [0.5, 0.6) is 5.75 Å². The van der Waals surface area contributed by atoms with E-state index < -0.39 is 24.4 Å². The zero-order valence-corrected chi connectivity index (χ0v) is 12.8. The van der Waals surface area contributed by atoms with E-state index in [1.165, 1.54) is 31.4 Å². The van der Waals surface area contributed by atoms with Crippen molar-refractivity contribution in [1.29, 1.82) is 0 Å². The van der Waals surface area contributed by atoms with E-state index >= 15 is 0 Å². The number of methoxy groups -OCH3 is 1. The smallest absolute Gasteiger partial charge is 0.406 e. The lowest BCUT2D eigenvalue weighted by atomic mass is 10.1. The predicted octanol–water partition coefficient (Wildman–Crippen LogP) is 2.16. The van der Waals surface area contributed by atoms with E-state index in [4.69, 9.17) is 10.5 Å². The van der Waals surface area contributed by atoms with Gasteiger partial charge in [-0.15, -0.1) is 25.6 Å². The summed E-state index contributed by atoms with van der Waals surface area (Å²) in [5.41, 5.74) is 6.19. The molecule has 0 aromatic heterocycles. The summed E-state index contributed by atoms with van der Waals surface area (Å²) >= 11 is 0. The zero-order valence-electron chi connectivity index (χ0n) is 12.0. The second-order valence-corrected chi connectivity index (χ2v) is 4.41. The summed E-state index contributed by atoms with van der Waals surface area (Å²) in [6.07, 6.45) is -4.73. The zero-order chi connectivity index (χ0) is 16.0. The maximum atomic E-state index is 12.0. The first kappa shape index (κ1) is 20.5. The molecule has 126 valence electrons. The van der Waals surface area contributed by atoms with Crippen LogP contribution in [0, 0.1) is 0 Å². The van der Waals surface area contributed by atoms with Crippen LogP contribution in [0.15, 0.2) is 24.3 Å². The number of hydrogen-bond donors (Lipinski definition) is 2. The highest BCUT2D eigenvalue weighted by atomic mass is 35.5. The van der Waals surface area contributed by atoms with Crippen molar-refractivity contribution in [2.45, 2.75) is 25.4 Å². The molecule has 2 unspecified atom stereocenters. The standard InChI is InChI=1S/C13H17F3N2O3.ClH/c1-8(18-12(19)11(17)7-20-2)9-3-5-10(6-4-9)21-13(14,15)16;/h3-6,8,11H,7,17H2,1-2H3,(H,18,19);1H. The Balaban J connectivity index is 0.00000441. The third kappa shape index (κ3) is 6.97. The average molecular weight is 343 g/mol. The monoisotopic (exact) mass is 342 g/mol. The third-order valence-corrected chi connectivity index (χ3v) is 2.66. The fraction of sp³-hybridized carbons (Fsp3) is 0.462. The van der Waals surface area contributed by atoms with E-state index in [0.29, 0.717) is 5.56 Å². The van der Waals surface area contributed by atoms with E-state index in [0.717, 1.165) is 0 Å². The van der Waals surface area contributed by atoms with E-state index in [1.54, 1.807) is 6.92 Å². The number of nitrogens with one attached hydrogen (secondary N) is 1. The summed E-state index contributed by atoms with van der Waals surface area (Å²) in [7, 11) is 1.43. The summed E-state index contributed by atoms with van der Waals surface area (Å²) in [5, 5.41) is 2.64. The molecule has 0 aliphatic rings. The molecule has 0 aliphatic heterocycles. The number of nitrogens with two attached hydrogens (primary N) is 1. The summed E-state index contributed by atoms with van der Waals surface area (Å²) < 4.78 is 44.6. The highest BCUT2D eigenvalue weighted by Crippen LogP contribution is 2.24. The molecule has 0 radical (unpaired) electrons. The fourth-order valence-electron chi connectivity index (χ4n) is 1.62. The molecular weight excluding hydrogens is 325 g/mol. The Morgan fingerprint density at radius 3 is 2.32 bits per heavy atom. The lowest BCUT2D eigenvalue weighted by Gasteiger charge is -2.18. The van der Waals surface area contributed by atoms with Crippen LogP contribution in [0.1, 0.15) is 18.5 Å². The minimum atomic E-state index is -4.73. The van der Waals surface area contributed by atoms with Gasteiger partial charge in [-0.25, -0.2) is 0 Å². The molecule has 5 nitrogen and oxygen atoms in total. The number of ether oxygens (including phenoxy) is 2. The van der Waals surface area contributed by atoms with Crippen molar-refractivity contribution in [3.05, 3.63) is 29.8 Å². The van der Waals surface area contributed by atoms with Gasteiger partial charge in [-0.3, -0.25) is 4.79 Å². The van der Waals surface area contributed by atoms with Gasteiger partial charge in [-0.05, 0) is 24.6 Å². The Labute approximate surface area is 132 Å². The number of amides is 1. The second-order valence-electron chi connectivity index (χ2n) is 4.41. The van der Waals surface area contributed by atoms with Crippen LogP contribution in [-0.2, 0) is 9.53 Å². The number of halogens is 4. The van der Waals surface area contributed by atoms with Crippen LogP contribution in [-0.4, -0.2) is 32.0 Å². The minimum Gasteiger partial charge on any atom is -0.406 e. The van der Waals surface area contributed by atoms with Crippen LogP contribution in [0.25, 0.3) is 0 Å². The Kier molecular flexibility index (Phi) is 8.21. The highest BCUT2D eigenvalue weighted by molar-refractivity contribution is 5.85. The van der Waals surface area contributed by atoms with Crippen molar-refractivity contribution in [3.8, 4) is 5.75 Å². The number of rotatable bonds is 6. The molecule has 1 aromatic carbocycles. The maximum Gasteiger partial charge on any atom is 0.573 e. The fourth-order valence-corrected chi connectivity index (χ4v) is 1.62. The van der Waals surface area contributed by atoms with Gasteiger partial charge in [0.15, 0.2) is 0 Å². The average Bonchev–Trinajstić information content (AvgIpc) is 2.37. The Bertz CT molecular complexity index is 469. The van der Waals surface area contributed by atoms with Gasteiger partial charge in [0, 0.05) is 7.11 Å². The van der Waals surface area contributed by atoms with Crippen molar-refractivity contribution in [2.75, 3.05) is 13.7 Å². The molecule has 0 saturated heterocycles. The lowest BCUT2D eigenvalue weighted by molar-refractivity contribution is -0.274. The van der Waals surface area contributed by atoms with Gasteiger partial charge < -0.3 is 20.5 Å². The van der Waals surface area contributed by atoms with Crippen LogP contribution in [0.3, 0.4) is 0 Å². The molecule has 2 atom stereocenters. The predicted molar refractivity (Wildman–Crippen MR) is 76.8 cm³/mol. The highest BCUT2D eigenvalue weighted by Gasteiger charge is 2.31. The molecule has 1 amide bonds. The summed E-state index contributed by atoms with van der Waals surface area (Å²) in [4.78, 5) is 11.7. The van der Waals surface area contributed by atoms with Crippen LogP contribution in [0.4, 0.5) is 13.2 Å². The van der Waals surface area contributed by atoms with Gasteiger partial charge in [0.2, 0.25) is 5.91 Å². The summed E-state index contributed by atoms with van der Waals surface area (Å²) in [5.74, 6) is -0.721. The SMILES string of the molecule is COCC(N)C(=O)NC(C)c1ccc(OC(F)(F)F)cc1.Cl. The van der Waals surface area contributed by atoms with Crippen molar-refractivity contribution in [3.63, 3.8) is 0 Å². The number of benzene rings is 1. The van der Waals surface area contributed by atoms with Gasteiger partial charge in [0.05, 0.1) is 12.6 Å². The van der Waals surface area contributed by atoms with E-state index in [9.17, 15) is 18.0 Å². The summed E-state index contributed by atoms with van der Waals surface area (Å²) in [6, 6.07) is 4.04. The van der Waals surface area contributed by atoms with E-state index in [-0.39, 0.29) is 24.8 Å². The number of hydrogen-bond acceptors (Lipinski definition) is 4. The van der Waals surface area contributed by atoms with Crippen LogP contribution < -0.4 is 15.8 Å². The molecule has 0 heterocycles. The topological polar surface area (TPSA) is 73.6 Å². The first-order valence-corrected chi connectivity index (χ1v) is 6.13. The molecule has 0 spiro atoms. The molecule has 1 aromatic rings. The number of alkyl halides is 3. The quantitative estimate of drug-likeness (QED) is 0.831. The lowest BCUT2D eigenvalue weighted by Crippen LogP contribution is -2.44. The second kappa shape index (κ2) is 8.82. The van der Waals surface area contributed by atoms with Gasteiger partial charge in [-0.1, -0.05) is 12.1 Å². The largest absolute Gasteiger partial charge is 0.573 e. The molecule has 9 heteroatoms. The molecule has 0 fully saturated rings. The van der Waals surface area contributed by atoms with Crippen molar-refractivity contribution < 1.29 is 27.4 Å². The number of carbonyl (C=O) groups excluding carboxylic acids is 1. The first-order valence-electron chi connectivity index (χ1n) is 6.13. The molecular formula is C13H18ClF3N2O3. The molecule has 22 heavy (non-hydrogen) atoms. The summed E-state index contributed by atoms with van der Waals surface area (Å²) in [6.45, 7) is 1.77. The van der Waals surface area contributed by atoms with Gasteiger partial charge >= 0.3 is 6.36 Å². The first-order chi connectivity index (χ1) is 9.73.